The summed E-state index contributed by atoms with van der Waals surface area (Å²) < 4.78 is 101. The van der Waals surface area contributed by atoms with Crippen LogP contribution in [0, 0.1) is 16.7 Å². The fourth-order valence-corrected chi connectivity index (χ4v) is 17.4. The summed E-state index contributed by atoms with van der Waals surface area (Å²) >= 11 is 0. The van der Waals surface area contributed by atoms with E-state index in [1.165, 1.54) is 25.6 Å². The number of fused-ring (bicyclic) bond motifs is 5. The van der Waals surface area contributed by atoms with Crippen LogP contribution in [0.3, 0.4) is 0 Å². The average Bonchev–Trinajstić information content (AvgIpc) is 1.39. The predicted octanol–water partition coefficient (Wildman–Crippen LogP) is 4.11. The van der Waals surface area contributed by atoms with Crippen LogP contribution in [0.25, 0.3) is 6.08 Å². The van der Waals surface area contributed by atoms with Crippen LogP contribution in [0.1, 0.15) is 135 Å². The van der Waals surface area contributed by atoms with Gasteiger partial charge in [0.15, 0.2) is 31.5 Å². The molecule has 3 saturated carbocycles. The van der Waals surface area contributed by atoms with Gasteiger partial charge in [0.25, 0.3) is 0 Å². The zero-order valence-corrected chi connectivity index (χ0v) is 56.8. The number of methoxy groups -OCH3 is 4. The Labute approximate surface area is 561 Å². The Morgan fingerprint density at radius 1 is 0.656 bits per heavy atom. The van der Waals surface area contributed by atoms with Gasteiger partial charge in [-0.25, -0.2) is 9.59 Å². The van der Waals surface area contributed by atoms with Crippen molar-refractivity contribution in [3.63, 3.8) is 0 Å². The first-order valence-electron chi connectivity index (χ1n) is 34.0. The Balaban J connectivity index is 0.694. The van der Waals surface area contributed by atoms with Crippen LogP contribution in [0.15, 0.2) is 72.6 Å². The minimum atomic E-state index is -2.03. The smallest absolute Gasteiger partial charge is 0.340 e. The van der Waals surface area contributed by atoms with Crippen molar-refractivity contribution in [2.45, 2.75) is 283 Å². The third-order valence-electron chi connectivity index (χ3n) is 23.0. The maximum atomic E-state index is 14.0. The third-order valence-corrected chi connectivity index (χ3v) is 23.0. The minimum absolute atomic E-state index is 0.0458. The standard InChI is InChI=1S/C70H101NO25/c1-36-60(93-54-30-46(82-9)61(37(2)86-54)94-55-31-47(83-10)62(38(3)87-55)95-56-32-48(84-11)63(39(4)88-56)96-65-59(76)58(75)57(74)49(35-72)91-65)45(81-8)29-53(85-36)90-44-22-23-66(6)43(28-44)21-24-69(79)50(66)33-51(92-52(73)20-19-41-16-13-12-14-17-41)67(7)68(78,25-26-70(67,69)80)40(5)89-64(77)42-18-15-27-71-34-42/h12-21,27,34,36-40,44-51,53-63,65,72,74-76,78-80H,22-26,28-33,35H2,1-11H3/b20-19+/t36-,37+,38-,39+,40-,44+,45+,46+,47+,48-,49-,50-,51-,53+,54+,55+,56+,57-,58+,59-,60-,61-,62-,63+,65+,66+,67-,68-,69+,70-/m1/s1. The van der Waals surface area contributed by atoms with E-state index in [1.807, 2.05) is 57.2 Å². The number of ether oxygens (including phenoxy) is 16. The predicted molar refractivity (Wildman–Crippen MR) is 337 cm³/mol. The van der Waals surface area contributed by atoms with E-state index in [4.69, 9.17) is 75.8 Å². The van der Waals surface area contributed by atoms with Crippen LogP contribution in [0.5, 0.6) is 0 Å². The van der Waals surface area contributed by atoms with Crippen LogP contribution in [0.4, 0.5) is 0 Å². The molecule has 26 heteroatoms. The molecule has 5 saturated heterocycles. The summed E-state index contributed by atoms with van der Waals surface area (Å²) in [6.07, 6.45) is -8.95. The van der Waals surface area contributed by atoms with Crippen molar-refractivity contribution in [1.29, 1.82) is 0 Å². The number of carbonyl (C=O) groups is 2. The summed E-state index contributed by atoms with van der Waals surface area (Å²) in [6.45, 7) is 12.1. The number of aliphatic hydroxyl groups is 7. The van der Waals surface area contributed by atoms with Crippen LogP contribution < -0.4 is 0 Å². The molecule has 9 aliphatic rings. The first kappa shape index (κ1) is 73.2. The Morgan fingerprint density at radius 3 is 1.70 bits per heavy atom. The highest BCUT2D eigenvalue weighted by Crippen LogP contribution is 2.71. The summed E-state index contributed by atoms with van der Waals surface area (Å²) in [5.41, 5.74) is -6.25. The molecule has 2 aromatic rings. The molecule has 0 amide bonds. The van der Waals surface area contributed by atoms with E-state index < -0.39 is 193 Å². The lowest BCUT2D eigenvalue weighted by atomic mass is 9.42. The number of nitrogens with zero attached hydrogens (tertiary/aromatic N) is 1. The number of hydrogen-bond donors (Lipinski definition) is 7. The van der Waals surface area contributed by atoms with E-state index in [1.54, 1.807) is 60.3 Å². The summed E-state index contributed by atoms with van der Waals surface area (Å²) in [6, 6.07) is 12.4. The molecule has 8 fully saturated rings. The lowest BCUT2D eigenvalue weighted by Gasteiger charge is -2.67. The van der Waals surface area contributed by atoms with Gasteiger partial charge < -0.3 is 112 Å². The quantitative estimate of drug-likeness (QED) is 0.0525. The molecule has 0 bridgehead atoms. The third kappa shape index (κ3) is 13.8. The molecule has 536 valence electrons. The summed E-state index contributed by atoms with van der Waals surface area (Å²) in [5, 5.41) is 80.9. The fraction of sp³-hybridized carbons (Fsp3) is 0.757. The molecule has 4 aliphatic carbocycles. The molecule has 96 heavy (non-hydrogen) atoms. The highest BCUT2D eigenvalue weighted by atomic mass is 16.8. The van der Waals surface area contributed by atoms with Gasteiger partial charge >= 0.3 is 11.9 Å². The topological polar surface area (TPSA) is 336 Å². The molecule has 26 nitrogen and oxygen atoms in total. The number of aliphatic hydroxyl groups excluding tert-OH is 4. The SMILES string of the molecule is CO[C@H]1C[C@H](O[C@H]2[C@@H](OC)C[C@H](O[C@H]3CC[C@@]4(C)C(=CC[C@]5(O)[C@@H]4C[C@@H](OC(=O)/C=C/c4ccccc4)[C@@]4(C)[C@]5(O)CC[C@@]4(O)[C@@H](C)OC(=O)c4cccnc4)C3)O[C@@H]2C)O[C@@H](C)[C@H]1O[C@H]1C[C@H](OC)[C@H](O[C@H]2C[C@@H](OC)[C@@H](O[C@@H]3O[C@H](CO)[C@@H](O)[C@H](O)[C@H]3O)[C@H](C)O2)[C@@H](C)O1. The number of benzene rings is 1. The molecule has 6 heterocycles. The Kier molecular flexibility index (Phi) is 22.8. The van der Waals surface area contributed by atoms with Crippen LogP contribution in [-0.2, 0) is 80.6 Å². The van der Waals surface area contributed by atoms with E-state index in [9.17, 15) is 45.3 Å². The number of pyridine rings is 1. The van der Waals surface area contributed by atoms with Gasteiger partial charge in [0.05, 0.1) is 72.5 Å². The van der Waals surface area contributed by atoms with E-state index >= 15 is 0 Å². The summed E-state index contributed by atoms with van der Waals surface area (Å²) in [5.74, 6) is -2.05. The monoisotopic (exact) mass is 1360 g/mol. The second-order valence-electron chi connectivity index (χ2n) is 28.2. The van der Waals surface area contributed by atoms with Gasteiger partial charge in [-0.1, -0.05) is 55.8 Å². The van der Waals surface area contributed by atoms with Crippen molar-refractivity contribution in [3.05, 3.63) is 83.7 Å². The molecular formula is C70H101NO25. The van der Waals surface area contributed by atoms with Crippen molar-refractivity contribution < 1.29 is 121 Å². The van der Waals surface area contributed by atoms with Crippen molar-refractivity contribution >= 4 is 18.0 Å². The molecule has 1 aromatic carbocycles. The van der Waals surface area contributed by atoms with Crippen LogP contribution >= 0.6 is 0 Å². The van der Waals surface area contributed by atoms with E-state index in [0.29, 0.717) is 38.5 Å². The minimum Gasteiger partial charge on any atom is -0.458 e. The zero-order chi connectivity index (χ0) is 68.8. The average molecular weight is 1360 g/mol. The number of rotatable bonds is 21. The second kappa shape index (κ2) is 29.9. The van der Waals surface area contributed by atoms with Gasteiger partial charge in [0.2, 0.25) is 0 Å². The van der Waals surface area contributed by atoms with E-state index in [2.05, 4.69) is 11.9 Å². The fourth-order valence-electron chi connectivity index (χ4n) is 17.4. The van der Waals surface area contributed by atoms with Gasteiger partial charge in [0, 0.05) is 78.5 Å². The molecule has 30 atom stereocenters. The highest BCUT2D eigenvalue weighted by molar-refractivity contribution is 5.89. The molecular weight excluding hydrogens is 1250 g/mol. The maximum absolute atomic E-state index is 14.0. The lowest BCUT2D eigenvalue weighted by Crippen LogP contribution is -2.78. The van der Waals surface area contributed by atoms with E-state index in [-0.39, 0.29) is 43.8 Å². The molecule has 0 spiro atoms. The molecule has 0 radical (unpaired) electrons. The molecule has 11 rings (SSSR count). The van der Waals surface area contributed by atoms with Crippen molar-refractivity contribution in [3.8, 4) is 0 Å². The summed E-state index contributed by atoms with van der Waals surface area (Å²) in [7, 11) is 6.34. The van der Waals surface area contributed by atoms with E-state index in [0.717, 1.165) is 11.1 Å². The second-order valence-corrected chi connectivity index (χ2v) is 28.2. The Bertz CT molecular complexity index is 2990. The van der Waals surface area contributed by atoms with Gasteiger partial charge in [-0.2, -0.15) is 0 Å². The number of aromatic nitrogens is 1. The number of hydrogen-bond acceptors (Lipinski definition) is 26. The maximum Gasteiger partial charge on any atom is 0.340 e. The highest BCUT2D eigenvalue weighted by Gasteiger charge is 2.81. The van der Waals surface area contributed by atoms with Crippen LogP contribution in [0.2, 0.25) is 0 Å². The molecule has 1 aromatic heterocycles. The first-order chi connectivity index (χ1) is 45.8. The molecule has 5 aliphatic heterocycles. The zero-order valence-electron chi connectivity index (χ0n) is 56.8. The first-order valence-corrected chi connectivity index (χ1v) is 34.0. The lowest BCUT2D eigenvalue weighted by molar-refractivity contribution is -0.359. The Morgan fingerprint density at radius 2 is 1.19 bits per heavy atom. The van der Waals surface area contributed by atoms with Gasteiger partial charge in [0.1, 0.15) is 77.8 Å². The van der Waals surface area contributed by atoms with Gasteiger partial charge in [-0.15, -0.1) is 0 Å². The molecule has 0 unspecified atom stereocenters. The normalized spacial score (nSPS) is 46.0. The van der Waals surface area contributed by atoms with Crippen molar-refractivity contribution in [1.82, 2.24) is 4.98 Å². The van der Waals surface area contributed by atoms with Gasteiger partial charge in [-0.05, 0) is 109 Å². The van der Waals surface area contributed by atoms with Crippen molar-refractivity contribution in [2.75, 3.05) is 35.0 Å². The van der Waals surface area contributed by atoms with Crippen molar-refractivity contribution in [2.24, 2.45) is 16.7 Å². The molecule has 7 N–H and O–H groups in total. The summed E-state index contributed by atoms with van der Waals surface area (Å²) in [4.78, 5) is 31.6. The number of esters is 2. The van der Waals surface area contributed by atoms with Gasteiger partial charge in [-0.3, -0.25) is 4.98 Å². The van der Waals surface area contributed by atoms with Crippen LogP contribution in [-0.4, -0.2) is 252 Å². The number of carbonyl (C=O) groups excluding carboxylic acids is 2. The largest absolute Gasteiger partial charge is 0.458 e. The Hall–Kier alpha value is -4.05.